The van der Waals surface area contributed by atoms with Gasteiger partial charge in [0.25, 0.3) is 0 Å². The molecule has 0 heterocycles. The van der Waals surface area contributed by atoms with Crippen LogP contribution in [0.3, 0.4) is 0 Å². The van der Waals surface area contributed by atoms with Gasteiger partial charge in [-0.05, 0) is 12.3 Å². The third-order valence-electron chi connectivity index (χ3n) is 2.35. The summed E-state index contributed by atoms with van der Waals surface area (Å²) < 4.78 is 0. The van der Waals surface area contributed by atoms with Gasteiger partial charge in [-0.2, -0.15) is 0 Å². The number of amides is 1. The summed E-state index contributed by atoms with van der Waals surface area (Å²) in [6, 6.07) is -1.40. The minimum Gasteiger partial charge on any atom is -0.481 e. The summed E-state index contributed by atoms with van der Waals surface area (Å²) in [4.78, 5) is 33.0. The van der Waals surface area contributed by atoms with Crippen LogP contribution in [-0.4, -0.2) is 45.8 Å². The highest BCUT2D eigenvalue weighted by Crippen LogP contribution is 2.15. The zero-order valence-corrected chi connectivity index (χ0v) is 10.4. The molecular formula is C11H19NO6. The first kappa shape index (κ1) is 16.4. The van der Waals surface area contributed by atoms with Crippen LogP contribution in [0.15, 0.2) is 0 Å². The number of carbonyl (C=O) groups is 3. The summed E-state index contributed by atoms with van der Waals surface area (Å²) in [5.41, 5.74) is 0. The number of hydrogen-bond acceptors (Lipinski definition) is 4. The first-order valence-corrected chi connectivity index (χ1v) is 5.63. The van der Waals surface area contributed by atoms with Crippen LogP contribution < -0.4 is 5.32 Å². The van der Waals surface area contributed by atoms with Gasteiger partial charge in [0.05, 0.1) is 12.5 Å². The molecule has 0 aliphatic heterocycles. The van der Waals surface area contributed by atoms with Gasteiger partial charge in [-0.25, -0.2) is 4.79 Å². The van der Waals surface area contributed by atoms with E-state index in [0.29, 0.717) is 6.42 Å². The smallest absolute Gasteiger partial charge is 0.328 e. The van der Waals surface area contributed by atoms with E-state index in [4.69, 9.17) is 15.3 Å². The SMILES string of the molecule is CC(C)C[C@@H](CC(=O)N[C@@H](CO)C(=O)O)C(=O)O. The van der Waals surface area contributed by atoms with Gasteiger partial charge < -0.3 is 20.6 Å². The second-order valence-corrected chi connectivity index (χ2v) is 4.51. The second-order valence-electron chi connectivity index (χ2n) is 4.51. The van der Waals surface area contributed by atoms with Gasteiger partial charge >= 0.3 is 11.9 Å². The number of aliphatic carboxylic acids is 2. The van der Waals surface area contributed by atoms with Gasteiger partial charge in [0.2, 0.25) is 5.91 Å². The van der Waals surface area contributed by atoms with Crippen molar-refractivity contribution in [2.24, 2.45) is 11.8 Å². The van der Waals surface area contributed by atoms with Gasteiger partial charge in [0, 0.05) is 6.42 Å². The number of carboxylic acids is 2. The Morgan fingerprint density at radius 2 is 1.67 bits per heavy atom. The lowest BCUT2D eigenvalue weighted by molar-refractivity contribution is -0.145. The molecule has 1 amide bonds. The van der Waals surface area contributed by atoms with Crippen molar-refractivity contribution in [3.05, 3.63) is 0 Å². The molecular weight excluding hydrogens is 242 g/mol. The maximum absolute atomic E-state index is 11.5. The first-order valence-electron chi connectivity index (χ1n) is 5.63. The predicted molar refractivity (Wildman–Crippen MR) is 61.9 cm³/mol. The second kappa shape index (κ2) is 7.65. The van der Waals surface area contributed by atoms with Crippen molar-refractivity contribution < 1.29 is 29.7 Å². The molecule has 18 heavy (non-hydrogen) atoms. The number of nitrogens with one attached hydrogen (secondary N) is 1. The fourth-order valence-corrected chi connectivity index (χ4v) is 1.50. The summed E-state index contributed by atoms with van der Waals surface area (Å²) in [7, 11) is 0. The van der Waals surface area contributed by atoms with E-state index in [-0.39, 0.29) is 12.3 Å². The van der Waals surface area contributed by atoms with Crippen LogP contribution in [0.1, 0.15) is 26.7 Å². The Labute approximate surface area is 105 Å². The Morgan fingerprint density at radius 3 is 2.00 bits per heavy atom. The number of carboxylic acid groups (broad SMARTS) is 2. The average molecular weight is 261 g/mol. The lowest BCUT2D eigenvalue weighted by atomic mass is 9.94. The Balaban J connectivity index is 4.42. The van der Waals surface area contributed by atoms with Crippen LogP contribution in [0.2, 0.25) is 0 Å². The molecule has 0 rings (SSSR count). The zero-order valence-electron chi connectivity index (χ0n) is 10.4. The third-order valence-corrected chi connectivity index (χ3v) is 2.35. The Morgan fingerprint density at radius 1 is 1.11 bits per heavy atom. The normalized spacial score (nSPS) is 14.0. The molecule has 4 N–H and O–H groups in total. The topological polar surface area (TPSA) is 124 Å². The van der Waals surface area contributed by atoms with Crippen molar-refractivity contribution in [1.29, 1.82) is 0 Å². The van der Waals surface area contributed by atoms with Crippen molar-refractivity contribution in [3.8, 4) is 0 Å². The molecule has 0 aromatic heterocycles. The average Bonchev–Trinajstić information content (AvgIpc) is 2.23. The Bertz CT molecular complexity index is 315. The van der Waals surface area contributed by atoms with Crippen LogP contribution in [-0.2, 0) is 14.4 Å². The lowest BCUT2D eigenvalue weighted by Gasteiger charge is -2.16. The lowest BCUT2D eigenvalue weighted by Crippen LogP contribution is -2.44. The van der Waals surface area contributed by atoms with E-state index < -0.39 is 36.4 Å². The monoisotopic (exact) mass is 261 g/mol. The van der Waals surface area contributed by atoms with E-state index in [1.807, 2.05) is 13.8 Å². The predicted octanol–water partition coefficient (Wildman–Crippen LogP) is -0.315. The van der Waals surface area contributed by atoms with Crippen LogP contribution in [0, 0.1) is 11.8 Å². The molecule has 0 aromatic rings. The summed E-state index contributed by atoms with van der Waals surface area (Å²) in [5, 5.41) is 28.3. The number of rotatable bonds is 8. The van der Waals surface area contributed by atoms with Gasteiger partial charge in [0.15, 0.2) is 0 Å². The van der Waals surface area contributed by atoms with E-state index in [1.54, 1.807) is 0 Å². The van der Waals surface area contributed by atoms with Crippen molar-refractivity contribution in [1.82, 2.24) is 5.32 Å². The molecule has 7 nitrogen and oxygen atoms in total. The van der Waals surface area contributed by atoms with E-state index in [1.165, 1.54) is 0 Å². The number of hydrogen-bond donors (Lipinski definition) is 4. The van der Waals surface area contributed by atoms with Gasteiger partial charge in [-0.3, -0.25) is 9.59 Å². The quantitative estimate of drug-likeness (QED) is 0.475. The minimum atomic E-state index is -1.40. The number of aliphatic hydroxyl groups is 1. The van der Waals surface area contributed by atoms with Crippen LogP contribution in [0.25, 0.3) is 0 Å². The molecule has 0 aromatic carbocycles. The zero-order chi connectivity index (χ0) is 14.3. The van der Waals surface area contributed by atoms with Gasteiger partial charge in [-0.15, -0.1) is 0 Å². The molecule has 0 radical (unpaired) electrons. The van der Waals surface area contributed by atoms with Crippen molar-refractivity contribution in [2.75, 3.05) is 6.61 Å². The summed E-state index contributed by atoms with van der Waals surface area (Å²) >= 11 is 0. The fraction of sp³-hybridized carbons (Fsp3) is 0.727. The van der Waals surface area contributed by atoms with Crippen molar-refractivity contribution in [3.63, 3.8) is 0 Å². The summed E-state index contributed by atoms with van der Waals surface area (Å²) in [5.74, 6) is -3.87. The highest BCUT2D eigenvalue weighted by Gasteiger charge is 2.25. The molecule has 7 heteroatoms. The molecule has 0 saturated carbocycles. The first-order chi connectivity index (χ1) is 8.27. The summed E-state index contributed by atoms with van der Waals surface area (Å²) in [6.07, 6.45) is 0.0386. The maximum Gasteiger partial charge on any atom is 0.328 e. The summed E-state index contributed by atoms with van der Waals surface area (Å²) in [6.45, 7) is 2.94. The largest absolute Gasteiger partial charge is 0.481 e. The molecule has 2 atom stereocenters. The van der Waals surface area contributed by atoms with Crippen LogP contribution in [0.5, 0.6) is 0 Å². The standard InChI is InChI=1S/C11H19NO6/c1-6(2)3-7(10(15)16)4-9(14)12-8(5-13)11(17)18/h6-8,13H,3-5H2,1-2H3,(H,12,14)(H,15,16)(H,17,18)/t7-,8-/m0/s1. The molecule has 0 aliphatic carbocycles. The van der Waals surface area contributed by atoms with Crippen LogP contribution >= 0.6 is 0 Å². The Hall–Kier alpha value is -1.63. The molecule has 0 spiro atoms. The van der Waals surface area contributed by atoms with E-state index >= 15 is 0 Å². The molecule has 0 saturated heterocycles. The van der Waals surface area contributed by atoms with E-state index in [0.717, 1.165) is 0 Å². The number of aliphatic hydroxyl groups excluding tert-OH is 1. The van der Waals surface area contributed by atoms with E-state index in [9.17, 15) is 14.4 Å². The minimum absolute atomic E-state index is 0.118. The molecule has 0 fully saturated rings. The molecule has 0 unspecified atom stereocenters. The number of carbonyl (C=O) groups excluding carboxylic acids is 1. The van der Waals surface area contributed by atoms with Crippen LogP contribution in [0.4, 0.5) is 0 Å². The molecule has 0 aliphatic rings. The van der Waals surface area contributed by atoms with E-state index in [2.05, 4.69) is 5.32 Å². The van der Waals surface area contributed by atoms with Gasteiger partial charge in [-0.1, -0.05) is 13.8 Å². The van der Waals surface area contributed by atoms with Crippen molar-refractivity contribution >= 4 is 17.8 Å². The Kier molecular flexibility index (Phi) is 6.96. The maximum atomic E-state index is 11.5. The highest BCUT2D eigenvalue weighted by atomic mass is 16.4. The van der Waals surface area contributed by atoms with Crippen molar-refractivity contribution in [2.45, 2.75) is 32.7 Å². The third kappa shape index (κ3) is 6.19. The molecule has 0 bridgehead atoms. The highest BCUT2D eigenvalue weighted by molar-refractivity contribution is 5.86. The fourth-order valence-electron chi connectivity index (χ4n) is 1.50. The molecule has 104 valence electrons. The van der Waals surface area contributed by atoms with Gasteiger partial charge in [0.1, 0.15) is 6.04 Å².